The minimum absolute atomic E-state index is 0.345. The predicted molar refractivity (Wildman–Crippen MR) is 394 cm³/mol. The molecular formula is C78H51N18O3S4+5. The van der Waals surface area contributed by atoms with Crippen molar-refractivity contribution in [2.75, 3.05) is 0 Å². The molecule has 0 unspecified atom stereocenters. The minimum atomic E-state index is -2.34. The first-order valence-electron chi connectivity index (χ1n) is 34.6. The Bertz CT molecular complexity index is 7100. The largest absolute Gasteiger partial charge is 0.437 e. The number of rotatable bonds is 1. The molecule has 20 aromatic heterocycles. The summed E-state index contributed by atoms with van der Waals surface area (Å²) in [6, 6.07) is 31.0. The molecule has 490 valence electrons. The highest BCUT2D eigenvalue weighted by Gasteiger charge is 2.41. The van der Waals surface area contributed by atoms with Gasteiger partial charge in [-0.05, 0) is 95.5 Å². The number of para-hydroxylation sites is 1. The van der Waals surface area contributed by atoms with Gasteiger partial charge in [0.2, 0.25) is 5.52 Å². The van der Waals surface area contributed by atoms with Crippen LogP contribution in [0.15, 0.2) is 228 Å². The molecule has 21 nitrogen and oxygen atoms in total. The standard InChI is InChI=1S/C20H13N4S.2C15H11N4O.C14H8N3OS.C14H8N3S2/c1-2-4-14(5-3-1)24-17-11-22-9-7-15(17)18-20(24)25-19-16-10-21-8-6-13(16)12-23(18)19;2*1-18-12-7-17-5-3-10(12)13-15(18)20-14-11-6-16-4-2-9(11)8-19(13)14;2*1-3-15-5-10-8(1)7-17-12-9-2-4-16-6-11(9)18-14(12)19-13(10)17/h1-11H,12H2;2*2-7H,8H2,1H3;2*1-6H,7H2/q5*+1/i;1D3;;;. The van der Waals surface area contributed by atoms with Gasteiger partial charge in [-0.25, -0.2) is 0 Å². The monoisotopic (exact) mass is 1420 g/mol. The number of hydrogen-bond acceptors (Lipinski definition) is 17. The molecule has 0 amide bonds. The van der Waals surface area contributed by atoms with E-state index in [1.807, 2.05) is 163 Å². The van der Waals surface area contributed by atoms with Crippen LogP contribution in [0.25, 0.3) is 167 Å². The van der Waals surface area contributed by atoms with Gasteiger partial charge < -0.3 is 22.4 Å². The molecule has 0 bridgehead atoms. The van der Waals surface area contributed by atoms with Crippen molar-refractivity contribution < 1.29 is 40.2 Å². The number of thiophene rings is 1. The molecule has 0 N–H and O–H groups in total. The third kappa shape index (κ3) is 8.64. The molecule has 0 fully saturated rings. The fourth-order valence-electron chi connectivity index (χ4n) is 15.4. The smallest absolute Gasteiger partial charge is 0.385 e. The second-order valence-corrected chi connectivity index (χ2v) is 29.8. The topological polar surface area (TPSA) is 203 Å². The third-order valence-corrected chi connectivity index (χ3v) is 24.8. The van der Waals surface area contributed by atoms with Crippen molar-refractivity contribution in [3.8, 4) is 60.3 Å². The Hall–Kier alpha value is -12.6. The van der Waals surface area contributed by atoms with Crippen LogP contribution in [-0.2, 0) is 46.7 Å². The molecule has 0 saturated carbocycles. The van der Waals surface area contributed by atoms with Crippen molar-refractivity contribution in [1.82, 2.24) is 63.5 Å². The van der Waals surface area contributed by atoms with Crippen molar-refractivity contribution in [2.45, 2.75) is 32.7 Å². The quantitative estimate of drug-likeness (QED) is 0.141. The fourth-order valence-corrected chi connectivity index (χ4v) is 20.6. The van der Waals surface area contributed by atoms with Crippen LogP contribution < -0.4 is 22.8 Å². The van der Waals surface area contributed by atoms with E-state index in [2.05, 4.69) is 144 Å². The first kappa shape index (κ1) is 55.3. The zero-order valence-electron chi connectivity index (χ0n) is 57.2. The Morgan fingerprint density at radius 1 is 0.369 bits per heavy atom. The zero-order chi connectivity index (χ0) is 70.2. The first-order valence-corrected chi connectivity index (χ1v) is 36.4. The lowest BCUT2D eigenvalue weighted by atomic mass is 10.2. The Morgan fingerprint density at radius 2 is 0.806 bits per heavy atom. The maximum absolute atomic E-state index is 7.84. The number of aryl methyl sites for hydroxylation is 2. The van der Waals surface area contributed by atoms with Gasteiger partial charge in [0.05, 0.1) is 89.7 Å². The summed E-state index contributed by atoms with van der Waals surface area (Å²) < 4.78 is 61.2. The zero-order valence-corrected chi connectivity index (χ0v) is 57.4. The van der Waals surface area contributed by atoms with Gasteiger partial charge in [0, 0.05) is 151 Å². The molecule has 0 spiro atoms. The molecule has 103 heavy (non-hydrogen) atoms. The van der Waals surface area contributed by atoms with E-state index in [0.717, 1.165) is 97.8 Å². The van der Waals surface area contributed by atoms with E-state index in [1.54, 1.807) is 42.3 Å². The highest BCUT2D eigenvalue weighted by atomic mass is 32.2. The molecule has 25 heteroatoms. The molecule has 0 atom stereocenters. The van der Waals surface area contributed by atoms with E-state index >= 15 is 0 Å². The molecule has 5 aliphatic rings. The van der Waals surface area contributed by atoms with Crippen LogP contribution >= 0.6 is 45.3 Å². The lowest BCUT2D eigenvalue weighted by Crippen LogP contribution is -2.30. The van der Waals surface area contributed by atoms with Crippen LogP contribution in [0.1, 0.15) is 31.9 Å². The third-order valence-electron chi connectivity index (χ3n) is 20.1. The van der Waals surface area contributed by atoms with Crippen LogP contribution in [0.4, 0.5) is 0 Å². The van der Waals surface area contributed by atoms with E-state index < -0.39 is 6.98 Å². The van der Waals surface area contributed by atoms with Gasteiger partial charge in [0.15, 0.2) is 47.2 Å². The molecule has 21 aromatic rings. The molecule has 26 rings (SSSR count). The summed E-state index contributed by atoms with van der Waals surface area (Å²) in [7, 11) is 2.01. The fraction of sp³-hybridized carbons (Fsp3) is 0.0897. The summed E-state index contributed by atoms with van der Waals surface area (Å²) in [6.45, 7) is 1.89. The molecule has 1 aromatic carbocycles. The molecule has 25 heterocycles. The van der Waals surface area contributed by atoms with Crippen molar-refractivity contribution >= 4 is 152 Å². The maximum atomic E-state index is 7.84. The Kier molecular flexibility index (Phi) is 12.1. The van der Waals surface area contributed by atoms with E-state index in [0.29, 0.717) is 23.7 Å². The average Bonchev–Trinajstić information content (AvgIpc) is 1.57. The van der Waals surface area contributed by atoms with Crippen LogP contribution in [0, 0.1) is 0 Å². The van der Waals surface area contributed by atoms with Crippen molar-refractivity contribution in [3.05, 3.63) is 243 Å². The van der Waals surface area contributed by atoms with Gasteiger partial charge in [0.25, 0.3) is 53.4 Å². The number of aromatic nitrogens is 18. The SMILES string of the molecule is Cn1c2cnccc2c2c1oc1[n+]2Cc2ccncc2-1.[2H]C([2H])([2H])n1c2cnccc2c2c1oc1[n+]2Cc2ccncc2-1.c1cc2c(cn1)-c1sc3oc4cnccc4c3[n+]1C2.c1cc2c(cn1)-c1sc3sc4cnccc4c3[n+]1C2.c1ccc(-n2c3cnccc3c3c2sc2[n+]3Cc3ccncc3-2)cc1. The molecule has 0 aliphatic carbocycles. The lowest BCUT2D eigenvalue weighted by Gasteiger charge is -2.04. The number of hydrogen-bond donors (Lipinski definition) is 0. The molecule has 5 aliphatic heterocycles. The Labute approximate surface area is 601 Å². The summed E-state index contributed by atoms with van der Waals surface area (Å²) in [5, 5.41) is 9.55. The van der Waals surface area contributed by atoms with E-state index in [9.17, 15) is 0 Å². The van der Waals surface area contributed by atoms with Crippen molar-refractivity contribution in [3.63, 3.8) is 0 Å². The summed E-state index contributed by atoms with van der Waals surface area (Å²) in [4.78, 5) is 44.4. The summed E-state index contributed by atoms with van der Waals surface area (Å²) in [5.74, 6) is 1.54. The van der Waals surface area contributed by atoms with E-state index in [4.69, 9.17) is 17.4 Å². The normalized spacial score (nSPS) is 13.5. The number of pyridine rings is 10. The Balaban J connectivity index is 0.0000000830. The van der Waals surface area contributed by atoms with Crippen LogP contribution in [0.5, 0.6) is 0 Å². The average molecular weight is 1420 g/mol. The highest BCUT2D eigenvalue weighted by Crippen LogP contribution is 2.45. The first-order chi connectivity index (χ1) is 52.1. The highest BCUT2D eigenvalue weighted by molar-refractivity contribution is 7.42. The Morgan fingerprint density at radius 3 is 1.40 bits per heavy atom. The van der Waals surface area contributed by atoms with Gasteiger partial charge in [-0.2, -0.15) is 13.7 Å². The number of furan rings is 1. The van der Waals surface area contributed by atoms with Crippen LogP contribution in [0.3, 0.4) is 0 Å². The summed E-state index contributed by atoms with van der Waals surface area (Å²) in [5.41, 5.74) is 24.0. The summed E-state index contributed by atoms with van der Waals surface area (Å²) in [6.07, 6.45) is 36.9. The molecule has 0 saturated heterocycles. The number of oxazole rings is 2. The van der Waals surface area contributed by atoms with Gasteiger partial charge in [0.1, 0.15) is 11.1 Å². The lowest BCUT2D eigenvalue weighted by molar-refractivity contribution is -0.648. The number of fused-ring (bicyclic) bond motifs is 35. The predicted octanol–water partition coefficient (Wildman–Crippen LogP) is 14.0. The summed E-state index contributed by atoms with van der Waals surface area (Å²) >= 11 is 7.22. The second kappa shape index (κ2) is 22.5. The number of thiazole rings is 3. The van der Waals surface area contributed by atoms with Gasteiger partial charge in [-0.3, -0.25) is 54.4 Å². The van der Waals surface area contributed by atoms with Crippen molar-refractivity contribution in [1.29, 1.82) is 0 Å². The number of nitrogens with zero attached hydrogens (tertiary/aromatic N) is 18. The van der Waals surface area contributed by atoms with E-state index in [1.165, 1.54) is 110 Å². The molecular weight excluding hydrogens is 1370 g/mol. The number of benzene rings is 1. The van der Waals surface area contributed by atoms with E-state index in [-0.39, 0.29) is 0 Å². The van der Waals surface area contributed by atoms with Gasteiger partial charge in [-0.1, -0.05) is 29.5 Å². The van der Waals surface area contributed by atoms with Crippen molar-refractivity contribution in [2.24, 2.45) is 14.0 Å². The second-order valence-electron chi connectivity index (χ2n) is 25.6. The van der Waals surface area contributed by atoms with Crippen LogP contribution in [0.2, 0.25) is 0 Å². The minimum Gasteiger partial charge on any atom is -0.437 e. The maximum Gasteiger partial charge on any atom is 0.385 e. The molecule has 0 radical (unpaired) electrons. The van der Waals surface area contributed by atoms with Crippen LogP contribution in [-0.4, -0.2) is 63.5 Å². The van der Waals surface area contributed by atoms with Gasteiger partial charge >= 0.3 is 11.8 Å². The van der Waals surface area contributed by atoms with Gasteiger partial charge in [-0.15, -0.1) is 20.5 Å².